The molecule has 1 heterocycles. The Labute approximate surface area is 226 Å². The van der Waals surface area contributed by atoms with E-state index in [9.17, 15) is 9.59 Å². The first-order valence-electron chi connectivity index (χ1n) is 10.1. The lowest BCUT2D eigenvalue weighted by molar-refractivity contribution is -0.123. The smallest absolute Gasteiger partial charge is 0.293 e. The molecule has 2 amide bonds. The number of ether oxygens (including phenoxy) is 2. The average molecular weight is 668 g/mol. The van der Waals surface area contributed by atoms with Crippen LogP contribution in [-0.4, -0.2) is 23.2 Å². The van der Waals surface area contributed by atoms with Gasteiger partial charge in [-0.25, -0.2) is 0 Å². The quantitative estimate of drug-likeness (QED) is 0.241. The fourth-order valence-corrected chi connectivity index (χ4v) is 5.32. The van der Waals surface area contributed by atoms with Gasteiger partial charge < -0.3 is 9.47 Å². The fourth-order valence-electron chi connectivity index (χ4n) is 3.28. The molecule has 3 aromatic rings. The molecule has 0 aromatic heterocycles. The van der Waals surface area contributed by atoms with Gasteiger partial charge in [-0.1, -0.05) is 58.4 Å². The van der Waals surface area contributed by atoms with E-state index < -0.39 is 0 Å². The van der Waals surface area contributed by atoms with Crippen molar-refractivity contribution in [2.24, 2.45) is 0 Å². The Morgan fingerprint density at radius 1 is 0.941 bits per heavy atom. The average Bonchev–Trinajstić information content (AvgIpc) is 3.10. The summed E-state index contributed by atoms with van der Waals surface area (Å²) in [6.07, 6.45) is 1.69. The minimum atomic E-state index is -0.329. The lowest BCUT2D eigenvalue weighted by atomic mass is 10.1. The van der Waals surface area contributed by atoms with Crippen molar-refractivity contribution < 1.29 is 19.1 Å². The van der Waals surface area contributed by atoms with E-state index >= 15 is 0 Å². The van der Waals surface area contributed by atoms with Gasteiger partial charge in [0.2, 0.25) is 0 Å². The number of benzene rings is 3. The first kappa shape index (κ1) is 25.0. The minimum absolute atomic E-state index is 0.218. The molecule has 0 spiro atoms. The second kappa shape index (κ2) is 11.1. The first-order chi connectivity index (χ1) is 16.4. The highest BCUT2D eigenvalue weighted by Crippen LogP contribution is 2.45. The SMILES string of the molecule is COc1cc(/C=C2\SC(=O)N(Cc3ccc(Br)cc3)C2=O)c(Br)c(Br)c1OCc1ccccc1. The molecular formula is C25H18Br3NO4S. The van der Waals surface area contributed by atoms with E-state index in [0.717, 1.165) is 27.4 Å². The molecule has 0 radical (unpaired) electrons. The molecule has 1 aliphatic heterocycles. The highest BCUT2D eigenvalue weighted by atomic mass is 79.9. The third kappa shape index (κ3) is 5.59. The molecule has 3 aromatic carbocycles. The lowest BCUT2D eigenvalue weighted by Gasteiger charge is -2.16. The molecule has 5 nitrogen and oxygen atoms in total. The predicted molar refractivity (Wildman–Crippen MR) is 145 cm³/mol. The molecule has 0 unspecified atom stereocenters. The first-order valence-corrected chi connectivity index (χ1v) is 13.3. The van der Waals surface area contributed by atoms with Crippen molar-refractivity contribution >= 4 is 76.8 Å². The maximum Gasteiger partial charge on any atom is 0.293 e. The molecule has 34 heavy (non-hydrogen) atoms. The molecule has 1 fully saturated rings. The summed E-state index contributed by atoms with van der Waals surface area (Å²) in [6, 6.07) is 19.1. The van der Waals surface area contributed by atoms with Gasteiger partial charge in [-0.3, -0.25) is 14.5 Å². The van der Waals surface area contributed by atoms with Gasteiger partial charge in [0.25, 0.3) is 11.1 Å². The topological polar surface area (TPSA) is 55.8 Å². The Morgan fingerprint density at radius 3 is 2.32 bits per heavy atom. The summed E-state index contributed by atoms with van der Waals surface area (Å²) in [5, 5.41) is -0.302. The van der Waals surface area contributed by atoms with Crippen LogP contribution < -0.4 is 9.47 Å². The van der Waals surface area contributed by atoms with Gasteiger partial charge in [-0.05, 0) is 84.6 Å². The summed E-state index contributed by atoms with van der Waals surface area (Å²) in [4.78, 5) is 27.1. The van der Waals surface area contributed by atoms with Crippen LogP contribution in [0.15, 0.2) is 79.0 Å². The van der Waals surface area contributed by atoms with Gasteiger partial charge in [0.05, 0.1) is 23.0 Å². The van der Waals surface area contributed by atoms with Crippen LogP contribution in [0.1, 0.15) is 16.7 Å². The van der Waals surface area contributed by atoms with Crippen LogP contribution in [0.4, 0.5) is 4.79 Å². The molecule has 1 saturated heterocycles. The van der Waals surface area contributed by atoms with Crippen molar-refractivity contribution in [1.82, 2.24) is 4.90 Å². The molecule has 174 valence electrons. The zero-order valence-corrected chi connectivity index (χ0v) is 23.5. The Bertz CT molecular complexity index is 1260. The van der Waals surface area contributed by atoms with E-state index in [2.05, 4.69) is 47.8 Å². The Balaban J connectivity index is 1.58. The number of amides is 2. The van der Waals surface area contributed by atoms with Crippen molar-refractivity contribution in [3.63, 3.8) is 0 Å². The number of carbonyl (C=O) groups is 2. The van der Waals surface area contributed by atoms with Crippen LogP contribution in [0.2, 0.25) is 0 Å². The molecule has 4 rings (SSSR count). The van der Waals surface area contributed by atoms with Crippen molar-refractivity contribution in [2.75, 3.05) is 7.11 Å². The second-order valence-corrected chi connectivity index (χ2v) is 10.8. The summed E-state index contributed by atoms with van der Waals surface area (Å²) in [5.41, 5.74) is 2.58. The van der Waals surface area contributed by atoms with Crippen LogP contribution >= 0.6 is 59.6 Å². The van der Waals surface area contributed by atoms with Crippen LogP contribution in [0.5, 0.6) is 11.5 Å². The van der Waals surface area contributed by atoms with Crippen molar-refractivity contribution in [3.8, 4) is 11.5 Å². The van der Waals surface area contributed by atoms with Gasteiger partial charge in [0.15, 0.2) is 11.5 Å². The number of imide groups is 1. The van der Waals surface area contributed by atoms with E-state index in [-0.39, 0.29) is 17.7 Å². The number of nitrogens with zero attached hydrogens (tertiary/aromatic N) is 1. The van der Waals surface area contributed by atoms with Gasteiger partial charge in [0, 0.05) is 8.95 Å². The van der Waals surface area contributed by atoms with Crippen molar-refractivity contribution in [2.45, 2.75) is 13.2 Å². The summed E-state index contributed by atoms with van der Waals surface area (Å²) >= 11 is 11.5. The van der Waals surface area contributed by atoms with Crippen LogP contribution in [0, 0.1) is 0 Å². The maximum atomic E-state index is 13.0. The number of methoxy groups -OCH3 is 1. The number of rotatable bonds is 7. The minimum Gasteiger partial charge on any atom is -0.493 e. The standard InChI is InChI=1S/C25H18Br3NO4S/c1-32-19-11-17(21(27)22(28)23(19)33-14-16-5-3-2-4-6-16)12-20-24(30)29(25(31)34-20)13-15-7-9-18(26)10-8-15/h2-12H,13-14H2,1H3/b20-12-. The Morgan fingerprint density at radius 2 is 1.65 bits per heavy atom. The van der Waals surface area contributed by atoms with E-state index in [4.69, 9.17) is 9.47 Å². The lowest BCUT2D eigenvalue weighted by Crippen LogP contribution is -2.27. The molecule has 0 saturated carbocycles. The van der Waals surface area contributed by atoms with E-state index in [1.54, 1.807) is 19.3 Å². The van der Waals surface area contributed by atoms with Gasteiger partial charge in [0.1, 0.15) is 6.61 Å². The highest BCUT2D eigenvalue weighted by molar-refractivity contribution is 9.13. The van der Waals surface area contributed by atoms with Crippen LogP contribution in [0.3, 0.4) is 0 Å². The number of hydrogen-bond acceptors (Lipinski definition) is 5. The number of thioether (sulfide) groups is 1. The summed E-state index contributed by atoms with van der Waals surface area (Å²) in [5.74, 6) is 0.717. The number of carbonyl (C=O) groups excluding carboxylic acids is 2. The second-order valence-electron chi connectivity index (χ2n) is 7.29. The Hall–Kier alpha value is -2.07. The number of hydrogen-bond donors (Lipinski definition) is 0. The predicted octanol–water partition coefficient (Wildman–Crippen LogP) is 7.80. The summed E-state index contributed by atoms with van der Waals surface area (Å²) < 4.78 is 13.9. The largest absolute Gasteiger partial charge is 0.493 e. The van der Waals surface area contributed by atoms with E-state index in [0.29, 0.717) is 37.5 Å². The summed E-state index contributed by atoms with van der Waals surface area (Å²) in [7, 11) is 1.56. The van der Waals surface area contributed by atoms with Crippen molar-refractivity contribution in [3.05, 3.63) is 95.7 Å². The summed E-state index contributed by atoms with van der Waals surface area (Å²) in [6.45, 7) is 0.590. The van der Waals surface area contributed by atoms with E-state index in [1.165, 1.54) is 4.90 Å². The maximum absolute atomic E-state index is 13.0. The molecule has 0 N–H and O–H groups in total. The zero-order chi connectivity index (χ0) is 24.2. The van der Waals surface area contributed by atoms with Crippen molar-refractivity contribution in [1.29, 1.82) is 0 Å². The molecular weight excluding hydrogens is 650 g/mol. The third-order valence-electron chi connectivity index (χ3n) is 5.02. The Kier molecular flexibility index (Phi) is 8.18. The highest BCUT2D eigenvalue weighted by Gasteiger charge is 2.35. The number of halogens is 3. The zero-order valence-electron chi connectivity index (χ0n) is 17.9. The van der Waals surface area contributed by atoms with E-state index in [1.807, 2.05) is 54.6 Å². The molecule has 0 aliphatic carbocycles. The normalized spacial score (nSPS) is 14.7. The third-order valence-corrected chi connectivity index (χ3v) is 8.60. The van der Waals surface area contributed by atoms with Gasteiger partial charge in [-0.15, -0.1) is 0 Å². The molecule has 0 bridgehead atoms. The van der Waals surface area contributed by atoms with Gasteiger partial charge in [-0.2, -0.15) is 0 Å². The molecule has 9 heteroatoms. The van der Waals surface area contributed by atoms with Gasteiger partial charge >= 0.3 is 0 Å². The molecule has 0 atom stereocenters. The van der Waals surface area contributed by atoms with Crippen LogP contribution in [0.25, 0.3) is 6.08 Å². The molecule has 1 aliphatic rings. The monoisotopic (exact) mass is 665 g/mol. The van der Waals surface area contributed by atoms with Crippen LogP contribution in [-0.2, 0) is 17.9 Å². The fraction of sp³-hybridized carbons (Fsp3) is 0.120.